The van der Waals surface area contributed by atoms with Gasteiger partial charge >= 0.3 is 19.5 Å². The molecule has 0 saturated carbocycles. The van der Waals surface area contributed by atoms with Crippen LogP contribution in [0.2, 0.25) is 0 Å². The Morgan fingerprint density at radius 3 is 1.36 bits per heavy atom. The summed E-state index contributed by atoms with van der Waals surface area (Å²) in [7, 11) is 0. The van der Waals surface area contributed by atoms with E-state index in [9.17, 15) is 0 Å². The topological polar surface area (TPSA) is 106 Å². The summed E-state index contributed by atoms with van der Waals surface area (Å²) in [6.45, 7) is 1.91. The minimum absolute atomic E-state index is 0. The first kappa shape index (κ1) is 23.7. The van der Waals surface area contributed by atoms with Crippen LogP contribution in [0.25, 0.3) is 27.6 Å². The third kappa shape index (κ3) is 88.6. The Kier molecular flexibility index (Phi) is 64.5. The van der Waals surface area contributed by atoms with Crippen molar-refractivity contribution in [1.82, 2.24) is 0 Å². The van der Waals surface area contributed by atoms with Crippen molar-refractivity contribution < 1.29 is 19.5 Å². The van der Waals surface area contributed by atoms with Crippen LogP contribution in [0.3, 0.4) is 0 Å². The molecule has 0 fully saturated rings. The Labute approximate surface area is 108 Å². The fourth-order valence-electron chi connectivity index (χ4n) is 0.270. The monoisotopic (exact) mass is 280 g/mol. The summed E-state index contributed by atoms with van der Waals surface area (Å²) in [5.41, 5.74) is 13.3. The second kappa shape index (κ2) is 38.0. The van der Waals surface area contributed by atoms with Gasteiger partial charge in [-0.2, -0.15) is 36.5 Å². The van der Waals surface area contributed by atoms with E-state index < -0.39 is 0 Å². The normalized spacial score (nSPS) is 5.86. The summed E-state index contributed by atoms with van der Waals surface area (Å²) in [5, 5.41) is 20.8. The number of nitrogens with zero attached hydrogens (tertiary/aromatic N) is 3. The Bertz CT molecular complexity index is 127. The summed E-state index contributed by atoms with van der Waals surface area (Å²) >= 11 is 7.40. The first-order valence-electron chi connectivity index (χ1n) is 3.20. The van der Waals surface area contributed by atoms with Crippen LogP contribution in [0, 0.1) is 0 Å². The standard InChI is InChI=1S/C4H10N3.2CNS.Zn/c5-1-3-7-4-2-6;2*2-1-3;/h5-6H,1-4H2;;;/q-3;2*-1;+2. The summed E-state index contributed by atoms with van der Waals surface area (Å²) in [4.78, 5) is 0. The van der Waals surface area contributed by atoms with E-state index in [0.29, 0.717) is 26.2 Å². The maximum Gasteiger partial charge on any atom is 2.00 e. The molecule has 8 heteroatoms. The minimum Gasteiger partial charge on any atom is -0.753 e. The first-order valence-corrected chi connectivity index (χ1v) is 4.01. The van der Waals surface area contributed by atoms with Crippen LogP contribution < -0.4 is 0 Å². The maximum absolute atomic E-state index is 7.13. The molecule has 0 bridgehead atoms. The number of hydrogen-bond donors (Lipinski definition) is 0. The predicted octanol–water partition coefficient (Wildman–Crippen LogP) is 2.78. The molecule has 14 heavy (non-hydrogen) atoms. The van der Waals surface area contributed by atoms with Crippen LogP contribution in [0.15, 0.2) is 0 Å². The van der Waals surface area contributed by atoms with E-state index in [1.165, 1.54) is 10.3 Å². The van der Waals surface area contributed by atoms with E-state index in [-0.39, 0.29) is 19.5 Å². The number of isothiocyanates is 2. The molecule has 0 aliphatic carbocycles. The molecular weight excluding hydrogens is 272 g/mol. The smallest absolute Gasteiger partial charge is 0.753 e. The van der Waals surface area contributed by atoms with Gasteiger partial charge in [-0.15, -0.1) is 0 Å². The average Bonchev–Trinajstić information content (AvgIpc) is 2.08. The number of rotatable bonds is 4. The van der Waals surface area contributed by atoms with E-state index >= 15 is 0 Å². The molecule has 5 nitrogen and oxygen atoms in total. The number of thiocarbonyl (C=S) groups is 2. The van der Waals surface area contributed by atoms with Gasteiger partial charge in [0.1, 0.15) is 0 Å². The Hall–Kier alpha value is 0.103. The third-order valence-corrected chi connectivity index (χ3v) is 0.540. The minimum atomic E-state index is 0. The second-order valence-electron chi connectivity index (χ2n) is 1.35. The number of nitrogens with one attached hydrogen (secondary N) is 2. The number of hydrogen-bond acceptors (Lipinski definition) is 2. The van der Waals surface area contributed by atoms with Crippen LogP contribution in [0.5, 0.6) is 0 Å². The zero-order valence-corrected chi connectivity index (χ0v) is 12.3. The predicted molar refractivity (Wildman–Crippen MR) is 63.4 cm³/mol. The van der Waals surface area contributed by atoms with Crippen molar-refractivity contribution >= 4 is 34.8 Å². The molecule has 0 aromatic heterocycles. The van der Waals surface area contributed by atoms with Crippen molar-refractivity contribution in [2.24, 2.45) is 0 Å². The Morgan fingerprint density at radius 1 is 1.00 bits per heavy atom. The first-order chi connectivity index (χ1) is 6.24. The molecule has 0 aromatic carbocycles. The van der Waals surface area contributed by atoms with Crippen LogP contribution >= 0.6 is 24.4 Å². The van der Waals surface area contributed by atoms with E-state index in [2.05, 4.69) is 29.8 Å². The van der Waals surface area contributed by atoms with Gasteiger partial charge in [0.05, 0.1) is 0 Å². The molecule has 76 valence electrons. The van der Waals surface area contributed by atoms with Crippen molar-refractivity contribution in [3.05, 3.63) is 27.6 Å². The second-order valence-corrected chi connectivity index (χ2v) is 1.72. The van der Waals surface area contributed by atoms with Gasteiger partial charge in [0.25, 0.3) is 0 Å². The van der Waals surface area contributed by atoms with Crippen molar-refractivity contribution in [3.8, 4) is 0 Å². The van der Waals surface area contributed by atoms with E-state index in [1.54, 1.807) is 0 Å². The Morgan fingerprint density at radius 2 is 1.21 bits per heavy atom. The van der Waals surface area contributed by atoms with Gasteiger partial charge in [-0.25, -0.2) is 0 Å². The van der Waals surface area contributed by atoms with E-state index in [1.807, 2.05) is 0 Å². The fourth-order valence-corrected chi connectivity index (χ4v) is 0.270. The quantitative estimate of drug-likeness (QED) is 0.342. The molecule has 0 atom stereocenters. The fraction of sp³-hybridized carbons (Fsp3) is 0.667. The average molecular weight is 282 g/mol. The van der Waals surface area contributed by atoms with Gasteiger partial charge in [0, 0.05) is 0 Å². The molecule has 0 aliphatic rings. The molecule has 2 N–H and O–H groups in total. The molecule has 0 spiro atoms. The van der Waals surface area contributed by atoms with Gasteiger partial charge in [0.2, 0.25) is 0 Å². The zero-order chi connectivity index (χ0) is 10.9. The van der Waals surface area contributed by atoms with Crippen LogP contribution in [-0.4, -0.2) is 36.5 Å². The molecule has 0 aliphatic heterocycles. The van der Waals surface area contributed by atoms with E-state index in [0.717, 1.165) is 0 Å². The van der Waals surface area contributed by atoms with Crippen molar-refractivity contribution in [2.75, 3.05) is 26.2 Å². The van der Waals surface area contributed by atoms with Gasteiger partial charge in [-0.3, -0.25) is 0 Å². The van der Waals surface area contributed by atoms with Crippen molar-refractivity contribution in [2.45, 2.75) is 0 Å². The van der Waals surface area contributed by atoms with Crippen molar-refractivity contribution in [3.63, 3.8) is 0 Å². The SMILES string of the molecule is [N-]=C=S.[N-]=C=S.[NH-]CC[N-]CC[NH-].[Zn+2]. The molecule has 0 unspecified atom stereocenters. The maximum atomic E-state index is 7.13. The summed E-state index contributed by atoms with van der Waals surface area (Å²) in [5.74, 6) is 0. The molecular formula is C6H10N5S2Zn-3. The largest absolute Gasteiger partial charge is 2.00 e. The molecule has 0 radical (unpaired) electrons. The van der Waals surface area contributed by atoms with Gasteiger partial charge in [-0.05, 0) is 0 Å². The molecule has 0 heterocycles. The van der Waals surface area contributed by atoms with Crippen molar-refractivity contribution in [1.29, 1.82) is 0 Å². The summed E-state index contributed by atoms with van der Waals surface area (Å²) in [6.07, 6.45) is 0. The molecule has 0 saturated heterocycles. The van der Waals surface area contributed by atoms with Crippen LogP contribution in [0.4, 0.5) is 0 Å². The summed E-state index contributed by atoms with van der Waals surface area (Å²) < 4.78 is 0. The molecule has 0 aromatic rings. The van der Waals surface area contributed by atoms with E-state index in [4.69, 9.17) is 22.3 Å². The van der Waals surface area contributed by atoms with Crippen LogP contribution in [0.1, 0.15) is 0 Å². The van der Waals surface area contributed by atoms with Gasteiger partial charge in [0.15, 0.2) is 0 Å². The molecule has 0 rings (SSSR count). The Balaban J connectivity index is -0.0000000610. The molecule has 0 amide bonds. The third-order valence-electron chi connectivity index (χ3n) is 0.540. The van der Waals surface area contributed by atoms with Gasteiger partial charge < -0.3 is 27.6 Å². The van der Waals surface area contributed by atoms with Gasteiger partial charge in [-0.1, -0.05) is 24.4 Å². The summed E-state index contributed by atoms with van der Waals surface area (Å²) in [6, 6.07) is 0. The van der Waals surface area contributed by atoms with Crippen LogP contribution in [-0.2, 0) is 19.5 Å². The zero-order valence-electron chi connectivity index (χ0n) is 7.69.